The lowest BCUT2D eigenvalue weighted by molar-refractivity contribution is -0.131. The molecule has 0 spiro atoms. The molecule has 2 unspecified atom stereocenters. The number of rotatable bonds is 3. The lowest BCUT2D eigenvalue weighted by Crippen LogP contribution is -2.50. The van der Waals surface area contributed by atoms with E-state index in [0.29, 0.717) is 18.2 Å². The fourth-order valence-corrected chi connectivity index (χ4v) is 2.49. The van der Waals surface area contributed by atoms with Gasteiger partial charge in [0.15, 0.2) is 0 Å². The van der Waals surface area contributed by atoms with Crippen molar-refractivity contribution in [3.8, 4) is 0 Å². The summed E-state index contributed by atoms with van der Waals surface area (Å²) in [5.74, 6) is -0.0927. The first-order valence-corrected chi connectivity index (χ1v) is 6.71. The number of carbonyl (C=O) groups excluding carboxylic acids is 1. The summed E-state index contributed by atoms with van der Waals surface area (Å²) in [6.45, 7) is 4.52. The topological polar surface area (TPSA) is 64.3 Å². The molecule has 1 aliphatic rings. The number of hydrogen-bond donors (Lipinski definition) is 2. The van der Waals surface area contributed by atoms with Crippen molar-refractivity contribution in [2.45, 2.75) is 25.9 Å². The first-order valence-electron chi connectivity index (χ1n) is 6.34. The minimum Gasteiger partial charge on any atom is -0.379 e. The van der Waals surface area contributed by atoms with E-state index >= 15 is 0 Å². The third-order valence-corrected chi connectivity index (χ3v) is 4.10. The zero-order chi connectivity index (χ0) is 14.0. The van der Waals surface area contributed by atoms with E-state index in [0.717, 1.165) is 5.56 Å². The molecule has 0 aromatic heterocycles. The lowest BCUT2D eigenvalue weighted by Gasteiger charge is -2.28. The molecule has 104 valence electrons. The van der Waals surface area contributed by atoms with Crippen molar-refractivity contribution in [2.75, 3.05) is 13.2 Å². The zero-order valence-corrected chi connectivity index (χ0v) is 11.9. The number of halogens is 1. The molecule has 3 atom stereocenters. The van der Waals surface area contributed by atoms with Gasteiger partial charge in [-0.2, -0.15) is 0 Å². The Balaban J connectivity index is 2.09. The Morgan fingerprint density at radius 3 is 2.84 bits per heavy atom. The van der Waals surface area contributed by atoms with Crippen molar-refractivity contribution in [3.63, 3.8) is 0 Å². The van der Waals surface area contributed by atoms with Gasteiger partial charge < -0.3 is 15.8 Å². The maximum Gasteiger partial charge on any atom is 0.230 e. The van der Waals surface area contributed by atoms with Crippen LogP contribution in [0.4, 0.5) is 0 Å². The molecule has 2 rings (SSSR count). The van der Waals surface area contributed by atoms with Gasteiger partial charge in [0.1, 0.15) is 0 Å². The third-order valence-electron chi connectivity index (χ3n) is 3.76. The molecule has 1 saturated heterocycles. The summed E-state index contributed by atoms with van der Waals surface area (Å²) in [5.41, 5.74) is 6.17. The zero-order valence-electron chi connectivity index (χ0n) is 11.2. The van der Waals surface area contributed by atoms with Crippen LogP contribution in [0.15, 0.2) is 24.3 Å². The van der Waals surface area contributed by atoms with Crippen LogP contribution in [0.5, 0.6) is 0 Å². The first-order chi connectivity index (χ1) is 8.95. The molecule has 5 heteroatoms. The highest BCUT2D eigenvalue weighted by Gasteiger charge is 2.44. The summed E-state index contributed by atoms with van der Waals surface area (Å²) in [7, 11) is 0. The molecule has 3 N–H and O–H groups in total. The van der Waals surface area contributed by atoms with Gasteiger partial charge in [-0.3, -0.25) is 4.79 Å². The van der Waals surface area contributed by atoms with Crippen molar-refractivity contribution in [1.82, 2.24) is 5.32 Å². The molecule has 1 aliphatic heterocycles. The van der Waals surface area contributed by atoms with Gasteiger partial charge in [-0.05, 0) is 25.5 Å². The minimum absolute atomic E-state index is 0.0927. The van der Waals surface area contributed by atoms with Crippen LogP contribution >= 0.6 is 11.6 Å². The van der Waals surface area contributed by atoms with E-state index in [-0.39, 0.29) is 18.0 Å². The predicted molar refractivity (Wildman–Crippen MR) is 74.9 cm³/mol. The fourth-order valence-electron chi connectivity index (χ4n) is 2.19. The summed E-state index contributed by atoms with van der Waals surface area (Å²) in [5, 5.41) is 3.61. The molecule has 0 aliphatic carbocycles. The van der Waals surface area contributed by atoms with Crippen molar-refractivity contribution in [1.29, 1.82) is 0 Å². The van der Waals surface area contributed by atoms with E-state index in [4.69, 9.17) is 22.1 Å². The highest BCUT2D eigenvalue weighted by atomic mass is 35.5. The molecule has 0 radical (unpaired) electrons. The number of hydrogen-bond acceptors (Lipinski definition) is 3. The van der Waals surface area contributed by atoms with Crippen LogP contribution in [0.2, 0.25) is 5.02 Å². The molecule has 0 saturated carbocycles. The Morgan fingerprint density at radius 1 is 1.58 bits per heavy atom. The SMILES string of the molecule is C[C@H](NC(=O)C1(C)COCC1N)c1ccccc1Cl. The van der Waals surface area contributed by atoms with Crippen LogP contribution in [0.1, 0.15) is 25.5 Å². The lowest BCUT2D eigenvalue weighted by atomic mass is 9.84. The highest BCUT2D eigenvalue weighted by molar-refractivity contribution is 6.31. The Morgan fingerprint density at radius 2 is 2.26 bits per heavy atom. The molecule has 4 nitrogen and oxygen atoms in total. The minimum atomic E-state index is -0.671. The molecule has 1 heterocycles. The number of carbonyl (C=O) groups is 1. The van der Waals surface area contributed by atoms with E-state index in [1.807, 2.05) is 38.1 Å². The first kappa shape index (κ1) is 14.3. The normalized spacial score (nSPS) is 28.1. The smallest absolute Gasteiger partial charge is 0.230 e. The molecule has 19 heavy (non-hydrogen) atoms. The maximum atomic E-state index is 12.4. The molecule has 1 fully saturated rings. The second-order valence-electron chi connectivity index (χ2n) is 5.26. The summed E-state index contributed by atoms with van der Waals surface area (Å²) in [6, 6.07) is 7.04. The van der Waals surface area contributed by atoms with Gasteiger partial charge in [0, 0.05) is 11.1 Å². The number of benzene rings is 1. The predicted octanol–water partition coefficient (Wildman–Crippen LogP) is 1.88. The maximum absolute atomic E-state index is 12.4. The Kier molecular flexibility index (Phi) is 4.13. The third kappa shape index (κ3) is 2.76. The van der Waals surface area contributed by atoms with Crippen LogP contribution in [-0.4, -0.2) is 25.2 Å². The van der Waals surface area contributed by atoms with Crippen LogP contribution in [0.25, 0.3) is 0 Å². The quantitative estimate of drug-likeness (QED) is 0.890. The van der Waals surface area contributed by atoms with E-state index in [1.54, 1.807) is 0 Å². The average Bonchev–Trinajstić information content (AvgIpc) is 2.71. The number of nitrogens with one attached hydrogen (secondary N) is 1. The Hall–Kier alpha value is -1.10. The molecule has 1 aromatic carbocycles. The number of nitrogens with two attached hydrogens (primary N) is 1. The monoisotopic (exact) mass is 282 g/mol. The molecular weight excluding hydrogens is 264 g/mol. The van der Waals surface area contributed by atoms with Gasteiger partial charge >= 0.3 is 0 Å². The van der Waals surface area contributed by atoms with Crippen LogP contribution in [0, 0.1) is 5.41 Å². The summed E-state index contributed by atoms with van der Waals surface area (Å²) >= 11 is 6.12. The van der Waals surface area contributed by atoms with Crippen molar-refractivity contribution in [2.24, 2.45) is 11.1 Å². The van der Waals surface area contributed by atoms with Crippen molar-refractivity contribution in [3.05, 3.63) is 34.9 Å². The van der Waals surface area contributed by atoms with Crippen LogP contribution in [-0.2, 0) is 9.53 Å². The van der Waals surface area contributed by atoms with Gasteiger partial charge in [0.2, 0.25) is 5.91 Å². The van der Waals surface area contributed by atoms with Gasteiger partial charge in [-0.25, -0.2) is 0 Å². The van der Waals surface area contributed by atoms with Gasteiger partial charge in [-0.15, -0.1) is 0 Å². The second-order valence-corrected chi connectivity index (χ2v) is 5.66. The molecule has 0 bridgehead atoms. The van der Waals surface area contributed by atoms with E-state index in [1.165, 1.54) is 0 Å². The van der Waals surface area contributed by atoms with Crippen LogP contribution in [0.3, 0.4) is 0 Å². The molecule has 1 amide bonds. The van der Waals surface area contributed by atoms with E-state index in [9.17, 15) is 4.79 Å². The number of ether oxygens (including phenoxy) is 1. The van der Waals surface area contributed by atoms with E-state index in [2.05, 4.69) is 5.32 Å². The molecule has 1 aromatic rings. The van der Waals surface area contributed by atoms with Crippen molar-refractivity contribution < 1.29 is 9.53 Å². The van der Waals surface area contributed by atoms with Gasteiger partial charge in [0.25, 0.3) is 0 Å². The van der Waals surface area contributed by atoms with E-state index < -0.39 is 5.41 Å². The summed E-state index contributed by atoms with van der Waals surface area (Å²) < 4.78 is 5.29. The number of amides is 1. The Labute approximate surface area is 118 Å². The van der Waals surface area contributed by atoms with Crippen LogP contribution < -0.4 is 11.1 Å². The fraction of sp³-hybridized carbons (Fsp3) is 0.500. The highest BCUT2D eigenvalue weighted by Crippen LogP contribution is 2.29. The second kappa shape index (κ2) is 5.49. The average molecular weight is 283 g/mol. The summed E-state index contributed by atoms with van der Waals surface area (Å²) in [6.07, 6.45) is 0. The summed E-state index contributed by atoms with van der Waals surface area (Å²) in [4.78, 5) is 12.4. The van der Waals surface area contributed by atoms with Gasteiger partial charge in [0.05, 0.1) is 24.7 Å². The standard InChI is InChI=1S/C14H19ClN2O2/c1-9(10-5-3-4-6-11(10)15)17-13(18)14(2)8-19-7-12(14)16/h3-6,9,12H,7-8,16H2,1-2H3,(H,17,18)/t9-,12?,14?/m0/s1. The molecular formula is C14H19ClN2O2. The van der Waals surface area contributed by atoms with Crippen molar-refractivity contribution >= 4 is 17.5 Å². The van der Waals surface area contributed by atoms with Gasteiger partial charge in [-0.1, -0.05) is 29.8 Å². The Bertz CT molecular complexity index is 480. The largest absolute Gasteiger partial charge is 0.379 e.